The molecule has 4 nitrogen and oxygen atoms in total. The molecule has 0 aliphatic heterocycles. The molecule has 0 spiro atoms. The van der Waals surface area contributed by atoms with Crippen LogP contribution in [0.4, 0.5) is 0 Å². The predicted molar refractivity (Wildman–Crippen MR) is 63.3 cm³/mol. The number of hydrogen-bond donors (Lipinski definition) is 1. The summed E-state index contributed by atoms with van der Waals surface area (Å²) in [4.78, 5) is 8.93. The van der Waals surface area contributed by atoms with Gasteiger partial charge < -0.3 is 10.3 Å². The Labute approximate surface area is 94.5 Å². The van der Waals surface area contributed by atoms with Gasteiger partial charge in [0.15, 0.2) is 5.65 Å². The number of fused-ring (bicyclic) bond motifs is 1. The average molecular weight is 216 g/mol. The first-order valence-corrected chi connectivity index (χ1v) is 5.84. The van der Waals surface area contributed by atoms with E-state index in [2.05, 4.69) is 27.5 Å². The Morgan fingerprint density at radius 1 is 1.56 bits per heavy atom. The summed E-state index contributed by atoms with van der Waals surface area (Å²) in [5.41, 5.74) is 7.75. The van der Waals surface area contributed by atoms with E-state index >= 15 is 0 Å². The molecule has 16 heavy (non-hydrogen) atoms. The molecule has 0 amide bonds. The van der Waals surface area contributed by atoms with Crippen molar-refractivity contribution < 1.29 is 0 Å². The lowest BCUT2D eigenvalue weighted by atomic mass is 10.1. The van der Waals surface area contributed by atoms with E-state index in [1.165, 1.54) is 12.8 Å². The van der Waals surface area contributed by atoms with E-state index in [1.54, 1.807) is 6.20 Å². The smallest absolute Gasteiger partial charge is 0.177 e. The number of aromatic nitrogens is 3. The lowest BCUT2D eigenvalue weighted by Crippen LogP contribution is -2.14. The molecule has 1 atom stereocenters. The SMILES string of the molecule is CC(CN)c1nc2ncccc2n1C1CC1. The van der Waals surface area contributed by atoms with E-state index in [0.717, 1.165) is 17.0 Å². The average Bonchev–Trinajstić information content (AvgIpc) is 3.08. The first-order valence-electron chi connectivity index (χ1n) is 5.84. The molecule has 1 saturated carbocycles. The van der Waals surface area contributed by atoms with Crippen molar-refractivity contribution in [3.05, 3.63) is 24.2 Å². The van der Waals surface area contributed by atoms with E-state index in [-0.39, 0.29) is 0 Å². The number of imidazole rings is 1. The molecule has 2 heterocycles. The molecule has 84 valence electrons. The van der Waals surface area contributed by atoms with Crippen molar-refractivity contribution in [2.45, 2.75) is 31.7 Å². The lowest BCUT2D eigenvalue weighted by Gasteiger charge is -2.11. The van der Waals surface area contributed by atoms with E-state index in [1.807, 2.05) is 6.07 Å². The number of hydrogen-bond acceptors (Lipinski definition) is 3. The predicted octanol–water partition coefficient (Wildman–Crippen LogP) is 1.83. The van der Waals surface area contributed by atoms with Crippen LogP contribution in [0, 0.1) is 0 Å². The first kappa shape index (κ1) is 9.78. The minimum absolute atomic E-state index is 0.301. The van der Waals surface area contributed by atoms with Gasteiger partial charge in [-0.2, -0.15) is 0 Å². The van der Waals surface area contributed by atoms with Gasteiger partial charge in [-0.05, 0) is 25.0 Å². The van der Waals surface area contributed by atoms with Gasteiger partial charge in [0, 0.05) is 24.7 Å². The Hall–Kier alpha value is -1.42. The van der Waals surface area contributed by atoms with Gasteiger partial charge in [-0.15, -0.1) is 0 Å². The molecule has 2 aromatic heterocycles. The summed E-state index contributed by atoms with van der Waals surface area (Å²) in [6.07, 6.45) is 4.30. The van der Waals surface area contributed by atoms with Crippen LogP contribution in [0.15, 0.2) is 18.3 Å². The second-order valence-electron chi connectivity index (χ2n) is 4.55. The molecule has 2 N–H and O–H groups in total. The largest absolute Gasteiger partial charge is 0.330 e. The fraction of sp³-hybridized carbons (Fsp3) is 0.500. The van der Waals surface area contributed by atoms with Gasteiger partial charge in [0.1, 0.15) is 5.82 Å². The standard InChI is InChI=1S/C12H16N4/c1-8(7-13)12-15-11-10(3-2-6-14-11)16(12)9-4-5-9/h2-3,6,8-9H,4-5,7,13H2,1H3. The van der Waals surface area contributed by atoms with Crippen LogP contribution in [0.5, 0.6) is 0 Å². The van der Waals surface area contributed by atoms with Crippen molar-refractivity contribution in [2.24, 2.45) is 5.73 Å². The normalized spacial score (nSPS) is 17.9. The molecule has 3 rings (SSSR count). The van der Waals surface area contributed by atoms with Gasteiger partial charge in [-0.1, -0.05) is 6.92 Å². The molecule has 0 radical (unpaired) electrons. The van der Waals surface area contributed by atoms with Crippen molar-refractivity contribution in [3.8, 4) is 0 Å². The van der Waals surface area contributed by atoms with Crippen LogP contribution < -0.4 is 5.73 Å². The highest BCUT2D eigenvalue weighted by atomic mass is 15.2. The van der Waals surface area contributed by atoms with Crippen molar-refractivity contribution in [2.75, 3.05) is 6.54 Å². The summed E-state index contributed by atoms with van der Waals surface area (Å²) in [5.74, 6) is 1.40. The zero-order valence-electron chi connectivity index (χ0n) is 9.43. The molecule has 0 bridgehead atoms. The molecular weight excluding hydrogens is 200 g/mol. The van der Waals surface area contributed by atoms with Gasteiger partial charge in [-0.25, -0.2) is 9.97 Å². The highest BCUT2D eigenvalue weighted by Gasteiger charge is 2.29. The second-order valence-corrected chi connectivity index (χ2v) is 4.55. The zero-order valence-corrected chi connectivity index (χ0v) is 9.43. The Morgan fingerprint density at radius 3 is 3.06 bits per heavy atom. The maximum atomic E-state index is 5.74. The lowest BCUT2D eigenvalue weighted by molar-refractivity contribution is 0.628. The summed E-state index contributed by atoms with van der Waals surface area (Å²) in [6.45, 7) is 2.76. The minimum Gasteiger partial charge on any atom is -0.330 e. The van der Waals surface area contributed by atoms with Gasteiger partial charge in [0.05, 0.1) is 5.52 Å². The van der Waals surface area contributed by atoms with E-state index in [0.29, 0.717) is 18.5 Å². The molecule has 1 unspecified atom stereocenters. The zero-order chi connectivity index (χ0) is 11.1. The highest BCUT2D eigenvalue weighted by molar-refractivity contribution is 5.71. The monoisotopic (exact) mass is 216 g/mol. The van der Waals surface area contributed by atoms with E-state index < -0.39 is 0 Å². The molecular formula is C12H16N4. The number of nitrogens with two attached hydrogens (primary N) is 1. The third kappa shape index (κ3) is 1.41. The van der Waals surface area contributed by atoms with Crippen molar-refractivity contribution in [3.63, 3.8) is 0 Å². The van der Waals surface area contributed by atoms with Gasteiger partial charge >= 0.3 is 0 Å². The number of rotatable bonds is 3. The summed E-state index contributed by atoms with van der Waals surface area (Å²) in [6, 6.07) is 4.69. The van der Waals surface area contributed by atoms with Crippen molar-refractivity contribution in [1.29, 1.82) is 0 Å². The van der Waals surface area contributed by atoms with Crippen LogP contribution >= 0.6 is 0 Å². The Bertz CT molecular complexity index is 513. The van der Waals surface area contributed by atoms with Crippen LogP contribution in [0.25, 0.3) is 11.2 Å². The van der Waals surface area contributed by atoms with Crippen LogP contribution in [-0.4, -0.2) is 21.1 Å². The molecule has 4 heteroatoms. The first-order chi connectivity index (χ1) is 7.81. The van der Waals surface area contributed by atoms with Crippen LogP contribution in [-0.2, 0) is 0 Å². The third-order valence-electron chi connectivity index (χ3n) is 3.20. The van der Waals surface area contributed by atoms with Crippen LogP contribution in [0.2, 0.25) is 0 Å². The summed E-state index contributed by atoms with van der Waals surface area (Å²) >= 11 is 0. The summed E-state index contributed by atoms with van der Waals surface area (Å²) in [5, 5.41) is 0. The summed E-state index contributed by atoms with van der Waals surface area (Å²) < 4.78 is 2.33. The molecule has 1 aliphatic rings. The van der Waals surface area contributed by atoms with Crippen LogP contribution in [0.1, 0.15) is 37.5 Å². The number of nitrogens with zero attached hydrogens (tertiary/aromatic N) is 3. The van der Waals surface area contributed by atoms with Crippen molar-refractivity contribution >= 4 is 11.2 Å². The van der Waals surface area contributed by atoms with Gasteiger partial charge in [0.2, 0.25) is 0 Å². The maximum Gasteiger partial charge on any atom is 0.177 e. The van der Waals surface area contributed by atoms with Crippen molar-refractivity contribution in [1.82, 2.24) is 14.5 Å². The fourth-order valence-corrected chi connectivity index (χ4v) is 2.12. The Kier molecular flexibility index (Phi) is 2.17. The topological polar surface area (TPSA) is 56.7 Å². The number of pyridine rings is 1. The molecule has 1 fully saturated rings. The molecule has 2 aromatic rings. The third-order valence-corrected chi connectivity index (χ3v) is 3.20. The van der Waals surface area contributed by atoms with Gasteiger partial charge in [0.25, 0.3) is 0 Å². The molecule has 0 aromatic carbocycles. The van der Waals surface area contributed by atoms with Gasteiger partial charge in [-0.3, -0.25) is 0 Å². The highest BCUT2D eigenvalue weighted by Crippen LogP contribution is 2.39. The fourth-order valence-electron chi connectivity index (χ4n) is 2.12. The quantitative estimate of drug-likeness (QED) is 0.851. The molecule has 0 saturated heterocycles. The maximum absolute atomic E-state index is 5.74. The second kappa shape index (κ2) is 3.56. The minimum atomic E-state index is 0.301. The Morgan fingerprint density at radius 2 is 2.38 bits per heavy atom. The van der Waals surface area contributed by atoms with Crippen LogP contribution in [0.3, 0.4) is 0 Å². The Balaban J connectivity index is 2.22. The summed E-state index contributed by atoms with van der Waals surface area (Å²) in [7, 11) is 0. The van der Waals surface area contributed by atoms with E-state index in [9.17, 15) is 0 Å². The molecule has 1 aliphatic carbocycles. The van der Waals surface area contributed by atoms with E-state index in [4.69, 9.17) is 5.73 Å².